The highest BCUT2D eigenvalue weighted by molar-refractivity contribution is 7.16. The van der Waals surface area contributed by atoms with E-state index in [2.05, 4.69) is 356 Å². The van der Waals surface area contributed by atoms with E-state index < -0.39 is 8.07 Å². The first-order valence-electron chi connectivity index (χ1n) is 32.5. The molecule has 96 heavy (non-hydrogen) atoms. The zero-order valence-corrected chi connectivity index (χ0v) is 53.3. The lowest BCUT2D eigenvalue weighted by molar-refractivity contribution is 0.996. The monoisotopic (exact) mass is 1250 g/mol. The summed E-state index contributed by atoms with van der Waals surface area (Å²) in [4.78, 5) is 22.0. The summed E-state index contributed by atoms with van der Waals surface area (Å²) in [5, 5.41) is 9.60. The van der Waals surface area contributed by atoms with Crippen molar-refractivity contribution in [2.24, 2.45) is 0 Å². The van der Waals surface area contributed by atoms with Crippen LogP contribution in [-0.2, 0) is 0 Å². The van der Waals surface area contributed by atoms with Crippen LogP contribution in [0.2, 0.25) is 0 Å². The van der Waals surface area contributed by atoms with Crippen LogP contribution in [0.25, 0.3) is 145 Å². The van der Waals surface area contributed by atoms with Crippen LogP contribution in [0.1, 0.15) is 6.92 Å². The summed E-state index contributed by atoms with van der Waals surface area (Å²) < 4.78 is 13.6. The molecule has 0 atom stereocenters. The minimum absolute atomic E-state index is 0.765. The SMILES string of the molecule is C=C/C=C(\C=C/C)[Si](c1ccccc1)(c1ccc(-c2cc(-n3c4ccccc4c4ccccc43)nc(-n3c4ccccc4n4c5ccccc5nc34)c2)cc1)c1ccc(-c2cc(-n3c4ccccc4c4ccccc43)nc(-n3c4ccccc4n4c5ccccc5nc34)c2)cc1. The van der Waals surface area contributed by atoms with Gasteiger partial charge in [0.25, 0.3) is 0 Å². The van der Waals surface area contributed by atoms with Crippen molar-refractivity contribution in [1.29, 1.82) is 0 Å². The fourth-order valence-corrected chi connectivity index (χ4v) is 20.2. The molecule has 0 aliphatic carbocycles. The Morgan fingerprint density at radius 2 is 0.635 bits per heavy atom. The summed E-state index contributed by atoms with van der Waals surface area (Å²) in [6.45, 7) is 6.47. The van der Waals surface area contributed by atoms with Gasteiger partial charge in [-0.2, -0.15) is 0 Å². The molecule has 19 rings (SSSR count). The second-order valence-corrected chi connectivity index (χ2v) is 28.4. The van der Waals surface area contributed by atoms with Crippen molar-refractivity contribution >= 4 is 123 Å². The molecule has 8 heterocycles. The zero-order valence-electron chi connectivity index (χ0n) is 52.3. The van der Waals surface area contributed by atoms with Crippen LogP contribution >= 0.6 is 0 Å². The van der Waals surface area contributed by atoms with Crippen LogP contribution in [0.5, 0.6) is 0 Å². The predicted molar refractivity (Wildman–Crippen MR) is 398 cm³/mol. The molecule has 10 nitrogen and oxygen atoms in total. The Balaban J connectivity index is 0.809. The van der Waals surface area contributed by atoms with E-state index >= 15 is 0 Å². The third-order valence-corrected chi connectivity index (χ3v) is 24.3. The van der Waals surface area contributed by atoms with E-state index in [1.165, 1.54) is 42.3 Å². The van der Waals surface area contributed by atoms with Gasteiger partial charge in [-0.1, -0.05) is 231 Å². The van der Waals surface area contributed by atoms with Crippen LogP contribution in [-0.4, -0.2) is 55.1 Å². The largest absolute Gasteiger partial charge is 0.294 e. The summed E-state index contributed by atoms with van der Waals surface area (Å²) in [6, 6.07) is 107. The van der Waals surface area contributed by atoms with Gasteiger partial charge < -0.3 is 0 Å². The quantitative estimate of drug-likeness (QED) is 0.0693. The van der Waals surface area contributed by atoms with Gasteiger partial charge >= 0.3 is 0 Å². The smallest absolute Gasteiger partial charge is 0.221 e. The van der Waals surface area contributed by atoms with E-state index in [0.717, 1.165) is 123 Å². The van der Waals surface area contributed by atoms with Crippen LogP contribution in [0.3, 0.4) is 0 Å². The van der Waals surface area contributed by atoms with Crippen molar-refractivity contribution in [1.82, 2.24) is 47.0 Å². The van der Waals surface area contributed by atoms with Crippen molar-refractivity contribution in [3.63, 3.8) is 0 Å². The number of para-hydroxylation sites is 12. The molecule has 8 aromatic heterocycles. The lowest BCUT2D eigenvalue weighted by Gasteiger charge is -2.35. The highest BCUT2D eigenvalue weighted by Gasteiger charge is 2.42. The Morgan fingerprint density at radius 1 is 0.312 bits per heavy atom. The van der Waals surface area contributed by atoms with Gasteiger partial charge in [0.15, 0.2) is 8.07 Å². The number of nitrogens with zero attached hydrogens (tertiary/aromatic N) is 10. The van der Waals surface area contributed by atoms with Gasteiger partial charge in [-0.05, 0) is 147 Å². The number of allylic oxidation sites excluding steroid dienone is 5. The summed E-state index contributed by atoms with van der Waals surface area (Å²) in [5.41, 5.74) is 16.6. The van der Waals surface area contributed by atoms with Crippen molar-refractivity contribution < 1.29 is 0 Å². The molecule has 0 radical (unpaired) electrons. The summed E-state index contributed by atoms with van der Waals surface area (Å²) in [7, 11) is -3.20. The highest BCUT2D eigenvalue weighted by Crippen LogP contribution is 2.39. The molecule has 11 aromatic carbocycles. The van der Waals surface area contributed by atoms with Crippen LogP contribution in [0.15, 0.2) is 333 Å². The number of fused-ring (bicyclic) bond motifs is 16. The Morgan fingerprint density at radius 3 is 1.02 bits per heavy atom. The number of hydrogen-bond donors (Lipinski definition) is 0. The third-order valence-electron chi connectivity index (χ3n) is 19.5. The molecule has 0 spiro atoms. The van der Waals surface area contributed by atoms with Gasteiger partial charge in [-0.25, -0.2) is 19.9 Å². The van der Waals surface area contributed by atoms with E-state index in [4.69, 9.17) is 19.9 Å². The fourth-order valence-electron chi connectivity index (χ4n) is 15.4. The molecule has 0 bridgehead atoms. The molecule has 0 saturated carbocycles. The average molecular weight is 1250 g/mol. The second kappa shape index (κ2) is 21.7. The van der Waals surface area contributed by atoms with Crippen molar-refractivity contribution in [2.45, 2.75) is 6.92 Å². The Labute approximate surface area is 552 Å². The fraction of sp³-hybridized carbons (Fsp3) is 0.0118. The summed E-state index contributed by atoms with van der Waals surface area (Å²) in [6.07, 6.45) is 8.64. The van der Waals surface area contributed by atoms with Gasteiger partial charge in [0.1, 0.15) is 23.3 Å². The van der Waals surface area contributed by atoms with E-state index in [1.807, 2.05) is 6.08 Å². The minimum Gasteiger partial charge on any atom is -0.294 e. The van der Waals surface area contributed by atoms with E-state index in [0.29, 0.717) is 0 Å². The molecule has 452 valence electrons. The first-order valence-corrected chi connectivity index (χ1v) is 34.5. The minimum atomic E-state index is -3.20. The molecule has 0 fully saturated rings. The van der Waals surface area contributed by atoms with Crippen LogP contribution < -0.4 is 15.6 Å². The number of imidazole rings is 4. The molecular weight excluding hydrogens is 1190 g/mol. The lowest BCUT2D eigenvalue weighted by atomic mass is 10.1. The van der Waals surface area contributed by atoms with Gasteiger partial charge in [0.05, 0.1) is 66.2 Å². The van der Waals surface area contributed by atoms with E-state index in [9.17, 15) is 0 Å². The van der Waals surface area contributed by atoms with Crippen LogP contribution in [0, 0.1) is 0 Å². The normalized spacial score (nSPS) is 12.5. The molecule has 0 aliphatic rings. The summed E-state index contributed by atoms with van der Waals surface area (Å²) >= 11 is 0. The lowest BCUT2D eigenvalue weighted by Crippen LogP contribution is -2.68. The van der Waals surface area contributed by atoms with Crippen molar-refractivity contribution in [3.05, 3.63) is 333 Å². The Kier molecular flexibility index (Phi) is 12.4. The molecule has 0 aliphatic heterocycles. The number of rotatable bonds is 12. The highest BCUT2D eigenvalue weighted by atomic mass is 28.3. The third kappa shape index (κ3) is 8.17. The molecule has 19 aromatic rings. The first kappa shape index (κ1) is 55.0. The van der Waals surface area contributed by atoms with Gasteiger partial charge in [0.2, 0.25) is 11.6 Å². The molecule has 0 saturated heterocycles. The number of pyridine rings is 2. The topological polar surface area (TPSA) is 80.1 Å². The number of aromatic nitrogens is 10. The Bertz CT molecular complexity index is 5970. The number of benzene rings is 11. The number of hydrogen-bond acceptors (Lipinski definition) is 4. The van der Waals surface area contributed by atoms with Crippen LogP contribution in [0.4, 0.5) is 0 Å². The first-order chi connectivity index (χ1) is 47.5. The standard InChI is InChI=1S/C85H58N10Si/c1-3-24-60(25-4-2)96(61-26-6-5-7-27-61,62-48-44-56(45-49-62)58-52-80(90-70-34-14-8-28-64(70)65-29-9-15-35-71(65)90)88-82(54-58)94-78-42-22-20-40-76(78)92-74-38-18-12-32-68(74)86-84(92)94)63-50-46-57(47-51-63)59-53-81(91-72-36-16-10-30-66(72)67-31-11-17-37-73(67)91)89-83(55-59)95-79-43-23-21-41-77(79)93-75-39-19-13-33-69(75)87-85(93)95/h3-55H,1H2,2H3/b25-4-,60-24+. The summed E-state index contributed by atoms with van der Waals surface area (Å²) in [5.74, 6) is 4.74. The van der Waals surface area contributed by atoms with Gasteiger partial charge in [0, 0.05) is 21.5 Å². The van der Waals surface area contributed by atoms with Crippen molar-refractivity contribution in [3.8, 4) is 45.5 Å². The second-order valence-electron chi connectivity index (χ2n) is 24.6. The average Bonchev–Trinajstić information content (AvgIpc) is 1.51. The van der Waals surface area contributed by atoms with Gasteiger partial charge in [-0.15, -0.1) is 0 Å². The molecule has 11 heteroatoms. The van der Waals surface area contributed by atoms with E-state index in [-0.39, 0.29) is 0 Å². The van der Waals surface area contributed by atoms with E-state index in [1.54, 1.807) is 0 Å². The maximum atomic E-state index is 5.68. The molecule has 0 amide bonds. The molecule has 0 unspecified atom stereocenters. The maximum absolute atomic E-state index is 5.68. The molecule has 0 N–H and O–H groups in total. The predicted octanol–water partition coefficient (Wildman–Crippen LogP) is 18.2. The van der Waals surface area contributed by atoms with Gasteiger partial charge in [-0.3, -0.25) is 27.1 Å². The zero-order chi connectivity index (χ0) is 63.6. The maximum Gasteiger partial charge on any atom is 0.221 e. The Hall–Kier alpha value is -12.7. The molecular formula is C85H58N10Si. The van der Waals surface area contributed by atoms with Crippen molar-refractivity contribution in [2.75, 3.05) is 0 Å².